The maximum atomic E-state index is 13.9. The van der Waals surface area contributed by atoms with Crippen LogP contribution in [0.2, 0.25) is 0 Å². The van der Waals surface area contributed by atoms with Crippen LogP contribution in [-0.2, 0) is 11.2 Å². The molecule has 0 aliphatic carbocycles. The molecule has 2 bridgehead atoms. The number of ether oxygens (including phenoxy) is 1. The summed E-state index contributed by atoms with van der Waals surface area (Å²) >= 11 is 5.83. The Kier molecular flexibility index (Phi) is 5.56. The molecule has 1 saturated heterocycles. The molecule has 2 aliphatic rings. The third-order valence-electron chi connectivity index (χ3n) is 6.93. The molecule has 1 fully saturated rings. The molecule has 0 radical (unpaired) electrons. The summed E-state index contributed by atoms with van der Waals surface area (Å²) in [5.41, 5.74) is 5.03. The second kappa shape index (κ2) is 8.44. The number of aryl methyl sites for hydroxylation is 3. The summed E-state index contributed by atoms with van der Waals surface area (Å²) in [6.45, 7) is 8.14. The van der Waals surface area contributed by atoms with E-state index in [-0.39, 0.29) is 11.9 Å². The Morgan fingerprint density at radius 3 is 2.56 bits per heavy atom. The van der Waals surface area contributed by atoms with Crippen molar-refractivity contribution in [3.05, 3.63) is 89.0 Å². The lowest BCUT2D eigenvalue weighted by atomic mass is 9.78. The average Bonchev–Trinajstić information content (AvgIpc) is 2.80. The van der Waals surface area contributed by atoms with Crippen molar-refractivity contribution in [2.75, 3.05) is 10.2 Å². The lowest BCUT2D eigenvalue weighted by Crippen LogP contribution is -2.72. The third kappa shape index (κ3) is 3.62. The van der Waals surface area contributed by atoms with Crippen LogP contribution in [0.5, 0.6) is 5.75 Å². The van der Waals surface area contributed by atoms with E-state index in [9.17, 15) is 4.79 Å². The molecular formula is C28H29N3O2S. The number of hydrogen-bond donors (Lipinski definition) is 2. The topological polar surface area (TPSA) is 53.6 Å². The van der Waals surface area contributed by atoms with Crippen molar-refractivity contribution in [2.24, 2.45) is 5.92 Å². The van der Waals surface area contributed by atoms with Gasteiger partial charge in [-0.2, -0.15) is 0 Å². The normalized spacial score (nSPS) is 22.9. The molecule has 3 aromatic rings. The Balaban J connectivity index is 1.60. The minimum absolute atomic E-state index is 0.112. The Hall–Kier alpha value is -3.38. The zero-order valence-corrected chi connectivity index (χ0v) is 20.7. The highest BCUT2D eigenvalue weighted by molar-refractivity contribution is 7.80. The van der Waals surface area contributed by atoms with Crippen molar-refractivity contribution in [3.8, 4) is 5.75 Å². The first-order chi connectivity index (χ1) is 16.3. The molecule has 3 atom stereocenters. The van der Waals surface area contributed by atoms with Gasteiger partial charge in [0.1, 0.15) is 11.7 Å². The summed E-state index contributed by atoms with van der Waals surface area (Å²) in [6, 6.07) is 21.9. The molecule has 3 aromatic carbocycles. The molecule has 174 valence electrons. The number of nitrogens with zero attached hydrogens (tertiary/aromatic N) is 1. The Morgan fingerprint density at radius 1 is 1.12 bits per heavy atom. The van der Waals surface area contributed by atoms with E-state index in [1.807, 2.05) is 74.2 Å². The van der Waals surface area contributed by atoms with Gasteiger partial charge < -0.3 is 15.4 Å². The molecule has 6 heteroatoms. The maximum absolute atomic E-state index is 13.9. The lowest BCUT2D eigenvalue weighted by molar-refractivity contribution is -0.130. The van der Waals surface area contributed by atoms with Crippen molar-refractivity contribution in [3.63, 3.8) is 0 Å². The smallest absolute Gasteiger partial charge is 0.236 e. The first kappa shape index (κ1) is 22.4. The van der Waals surface area contributed by atoms with Gasteiger partial charge in [0.25, 0.3) is 0 Å². The van der Waals surface area contributed by atoms with E-state index in [0.29, 0.717) is 5.11 Å². The van der Waals surface area contributed by atoms with Gasteiger partial charge in [0.15, 0.2) is 10.8 Å². The van der Waals surface area contributed by atoms with Crippen LogP contribution in [-0.4, -0.2) is 16.7 Å². The van der Waals surface area contributed by atoms with E-state index in [1.165, 1.54) is 5.56 Å². The van der Waals surface area contributed by atoms with E-state index < -0.39 is 11.6 Å². The van der Waals surface area contributed by atoms with Crippen LogP contribution in [0.1, 0.15) is 42.1 Å². The minimum Gasteiger partial charge on any atom is -0.467 e. The van der Waals surface area contributed by atoms with Crippen LogP contribution in [0.4, 0.5) is 11.4 Å². The first-order valence-electron chi connectivity index (χ1n) is 11.7. The molecule has 34 heavy (non-hydrogen) atoms. The number of thiocarbonyl (C=S) groups is 1. The highest BCUT2D eigenvalue weighted by atomic mass is 32.1. The molecule has 2 aliphatic heterocycles. The number of hydrogen-bond acceptors (Lipinski definition) is 3. The SMILES string of the molecule is CCc1ccc(N2C(=S)N[C@@H]3c4ccccc4O[C@]2(C)[C@@H]3C(=O)Nc2ccc(C)cc2C)cc1. The van der Waals surface area contributed by atoms with Crippen LogP contribution < -0.4 is 20.3 Å². The van der Waals surface area contributed by atoms with E-state index in [0.717, 1.165) is 40.2 Å². The fourth-order valence-electron chi connectivity index (χ4n) is 5.16. The number of fused-ring (bicyclic) bond motifs is 4. The number of carbonyl (C=O) groups excluding carboxylic acids is 1. The molecule has 2 heterocycles. The summed E-state index contributed by atoms with van der Waals surface area (Å²) < 4.78 is 6.64. The van der Waals surface area contributed by atoms with Crippen molar-refractivity contribution >= 4 is 34.6 Å². The molecule has 0 saturated carbocycles. The van der Waals surface area contributed by atoms with Crippen LogP contribution >= 0.6 is 12.2 Å². The number of benzene rings is 3. The van der Waals surface area contributed by atoms with Gasteiger partial charge in [-0.05, 0) is 74.8 Å². The predicted octanol–water partition coefficient (Wildman–Crippen LogP) is 5.67. The standard InChI is InChI=1S/C28H29N3O2S/c1-5-19-11-13-20(14-12-19)31-27(34)30-25-21-8-6-7-9-23(21)33-28(31,4)24(25)26(32)29-22-15-10-17(2)16-18(22)3/h6-16,24-25H,5H2,1-4H3,(H,29,32)(H,30,34)/t24-,25+,28+/m0/s1. The fourth-order valence-corrected chi connectivity index (χ4v) is 5.58. The average molecular weight is 472 g/mol. The van der Waals surface area contributed by atoms with Crippen molar-refractivity contribution in [1.29, 1.82) is 0 Å². The minimum atomic E-state index is -1.02. The van der Waals surface area contributed by atoms with Crippen LogP contribution in [0.3, 0.4) is 0 Å². The summed E-state index contributed by atoms with van der Waals surface area (Å²) in [5, 5.41) is 7.17. The lowest BCUT2D eigenvalue weighted by Gasteiger charge is -2.56. The van der Waals surface area contributed by atoms with Crippen molar-refractivity contribution in [2.45, 2.75) is 45.9 Å². The van der Waals surface area contributed by atoms with Crippen LogP contribution in [0, 0.1) is 19.8 Å². The zero-order chi connectivity index (χ0) is 24.0. The quantitative estimate of drug-likeness (QED) is 0.481. The van der Waals surface area contributed by atoms with E-state index in [2.05, 4.69) is 35.8 Å². The van der Waals surface area contributed by atoms with E-state index in [4.69, 9.17) is 17.0 Å². The second-order valence-electron chi connectivity index (χ2n) is 9.26. The van der Waals surface area contributed by atoms with E-state index >= 15 is 0 Å². The molecule has 1 amide bonds. The van der Waals surface area contributed by atoms with Crippen molar-refractivity contribution < 1.29 is 9.53 Å². The largest absolute Gasteiger partial charge is 0.467 e. The number of carbonyl (C=O) groups is 1. The molecule has 2 N–H and O–H groups in total. The number of para-hydroxylation sites is 1. The van der Waals surface area contributed by atoms with Gasteiger partial charge in [-0.1, -0.05) is 55.0 Å². The number of nitrogens with one attached hydrogen (secondary N) is 2. The van der Waals surface area contributed by atoms with Gasteiger partial charge in [-0.25, -0.2) is 0 Å². The van der Waals surface area contributed by atoms with Crippen LogP contribution in [0.25, 0.3) is 0 Å². The maximum Gasteiger partial charge on any atom is 0.236 e. The molecule has 5 rings (SSSR count). The Morgan fingerprint density at radius 2 is 1.85 bits per heavy atom. The molecule has 0 aromatic heterocycles. The number of anilines is 2. The Labute approximate surface area is 206 Å². The molecule has 0 spiro atoms. The summed E-state index contributed by atoms with van der Waals surface area (Å²) in [7, 11) is 0. The highest BCUT2D eigenvalue weighted by Crippen LogP contribution is 2.49. The van der Waals surface area contributed by atoms with Gasteiger partial charge in [0.2, 0.25) is 5.91 Å². The summed E-state index contributed by atoms with van der Waals surface area (Å²) in [4.78, 5) is 15.9. The number of amides is 1. The van der Waals surface area contributed by atoms with E-state index in [1.54, 1.807) is 0 Å². The summed E-state index contributed by atoms with van der Waals surface area (Å²) in [5.74, 6) is 0.0931. The number of rotatable bonds is 4. The highest BCUT2D eigenvalue weighted by Gasteiger charge is 2.59. The zero-order valence-electron chi connectivity index (χ0n) is 19.9. The van der Waals surface area contributed by atoms with Gasteiger partial charge in [0, 0.05) is 16.9 Å². The Bertz CT molecular complexity index is 1270. The second-order valence-corrected chi connectivity index (χ2v) is 9.65. The first-order valence-corrected chi connectivity index (χ1v) is 12.1. The summed E-state index contributed by atoms with van der Waals surface area (Å²) in [6.07, 6.45) is 0.952. The van der Waals surface area contributed by atoms with Crippen molar-refractivity contribution in [1.82, 2.24) is 5.32 Å². The predicted molar refractivity (Wildman–Crippen MR) is 140 cm³/mol. The molecular weight excluding hydrogens is 442 g/mol. The molecule has 0 unspecified atom stereocenters. The fraction of sp³-hybridized carbons (Fsp3) is 0.286. The third-order valence-corrected chi connectivity index (χ3v) is 7.23. The van der Waals surface area contributed by atoms with Crippen LogP contribution in [0.15, 0.2) is 66.7 Å². The van der Waals surface area contributed by atoms with Gasteiger partial charge in [-0.3, -0.25) is 9.69 Å². The van der Waals surface area contributed by atoms with Gasteiger partial charge in [-0.15, -0.1) is 0 Å². The van der Waals surface area contributed by atoms with Gasteiger partial charge in [0.05, 0.1) is 6.04 Å². The van der Waals surface area contributed by atoms with Gasteiger partial charge >= 0.3 is 0 Å². The molecule has 5 nitrogen and oxygen atoms in total. The monoisotopic (exact) mass is 471 g/mol.